The third-order valence-electron chi connectivity index (χ3n) is 7.36. The highest BCUT2D eigenvalue weighted by atomic mass is 28.4. The molecule has 1 aliphatic rings. The second kappa shape index (κ2) is 13.8. The Morgan fingerprint density at radius 3 is 1.81 bits per heavy atom. The lowest BCUT2D eigenvalue weighted by molar-refractivity contribution is -0.298. The molecule has 1 aliphatic heterocycles. The minimum absolute atomic E-state index is 0.163. The topological polar surface area (TPSA) is 101 Å². The summed E-state index contributed by atoms with van der Waals surface area (Å²) in [6, 6.07) is 29.7. The van der Waals surface area contributed by atoms with Crippen LogP contribution in [0.5, 0.6) is 0 Å². The summed E-state index contributed by atoms with van der Waals surface area (Å²) in [6.45, 7) is 8.94. The molecule has 0 amide bonds. The normalized spacial score (nSPS) is 22.8. The molecule has 42 heavy (non-hydrogen) atoms. The van der Waals surface area contributed by atoms with Crippen molar-refractivity contribution in [2.45, 2.75) is 77.0 Å². The number of aliphatic hydroxyl groups excluding tert-OH is 1. The van der Waals surface area contributed by atoms with Crippen molar-refractivity contribution in [1.82, 2.24) is 0 Å². The quantitative estimate of drug-likeness (QED) is 0.281. The van der Waals surface area contributed by atoms with E-state index < -0.39 is 56.0 Å². The van der Waals surface area contributed by atoms with Crippen molar-refractivity contribution < 1.29 is 38.1 Å². The van der Waals surface area contributed by atoms with Gasteiger partial charge < -0.3 is 28.5 Å². The van der Waals surface area contributed by atoms with Gasteiger partial charge in [-0.1, -0.05) is 112 Å². The van der Waals surface area contributed by atoms with Gasteiger partial charge in [-0.25, -0.2) is 0 Å². The van der Waals surface area contributed by atoms with Gasteiger partial charge in [-0.05, 0) is 21.0 Å². The van der Waals surface area contributed by atoms with E-state index in [1.165, 1.54) is 13.8 Å². The molecule has 0 saturated carbocycles. The molecule has 1 saturated heterocycles. The van der Waals surface area contributed by atoms with E-state index in [0.29, 0.717) is 0 Å². The van der Waals surface area contributed by atoms with Crippen LogP contribution in [-0.2, 0) is 39.6 Å². The summed E-state index contributed by atoms with van der Waals surface area (Å²) in [6.07, 6.45) is -5.53. The Kier molecular flexibility index (Phi) is 10.3. The van der Waals surface area contributed by atoms with E-state index >= 15 is 0 Å². The van der Waals surface area contributed by atoms with Crippen LogP contribution in [0.4, 0.5) is 0 Å². The minimum Gasteiger partial charge on any atom is -0.463 e. The second-order valence-corrected chi connectivity index (χ2v) is 15.7. The first-order valence-electron chi connectivity index (χ1n) is 14.1. The molecule has 4 rings (SSSR count). The summed E-state index contributed by atoms with van der Waals surface area (Å²) < 4.78 is 30.7. The van der Waals surface area contributed by atoms with Gasteiger partial charge in [0.25, 0.3) is 8.32 Å². The molecule has 224 valence electrons. The maximum Gasteiger partial charge on any atom is 0.305 e. The number of benzene rings is 3. The van der Waals surface area contributed by atoms with E-state index in [2.05, 4.69) is 45.0 Å². The van der Waals surface area contributed by atoms with Gasteiger partial charge in [-0.15, -0.1) is 0 Å². The molecule has 0 unspecified atom stereocenters. The SMILES string of the molecule is CC(=O)OC[C@@H]1O[C@H](OC(C)=O)[C@@H](O)[C@H](OCc2ccccc2)[C@H]1O[Si](c1ccccc1)(c1ccccc1)C(C)(C)C. The van der Waals surface area contributed by atoms with Crippen molar-refractivity contribution in [3.8, 4) is 0 Å². The number of hydrogen-bond acceptors (Lipinski definition) is 8. The molecule has 8 nitrogen and oxygen atoms in total. The second-order valence-electron chi connectivity index (χ2n) is 11.5. The van der Waals surface area contributed by atoms with Crippen molar-refractivity contribution in [3.05, 3.63) is 96.6 Å². The van der Waals surface area contributed by atoms with Crippen molar-refractivity contribution >= 4 is 30.6 Å². The van der Waals surface area contributed by atoms with Crippen LogP contribution in [-0.4, -0.2) is 62.7 Å². The van der Waals surface area contributed by atoms with E-state index in [4.69, 9.17) is 23.4 Å². The predicted molar refractivity (Wildman–Crippen MR) is 161 cm³/mol. The molecular weight excluding hydrogens is 552 g/mol. The van der Waals surface area contributed by atoms with Crippen LogP contribution in [0.1, 0.15) is 40.2 Å². The summed E-state index contributed by atoms with van der Waals surface area (Å²) in [5.41, 5.74) is 0.890. The monoisotopic (exact) mass is 592 g/mol. The van der Waals surface area contributed by atoms with Crippen LogP contribution >= 0.6 is 0 Å². The molecule has 5 atom stereocenters. The summed E-state index contributed by atoms with van der Waals surface area (Å²) in [5, 5.41) is 13.2. The van der Waals surface area contributed by atoms with Crippen molar-refractivity contribution in [2.24, 2.45) is 0 Å². The first-order chi connectivity index (χ1) is 20.0. The van der Waals surface area contributed by atoms with Crippen LogP contribution in [0.3, 0.4) is 0 Å². The van der Waals surface area contributed by atoms with Gasteiger partial charge in [0, 0.05) is 13.8 Å². The molecule has 0 aromatic heterocycles. The van der Waals surface area contributed by atoms with Crippen molar-refractivity contribution in [1.29, 1.82) is 0 Å². The Labute approximate surface area is 248 Å². The Morgan fingerprint density at radius 1 is 0.810 bits per heavy atom. The fourth-order valence-corrected chi connectivity index (χ4v) is 10.2. The number of carbonyl (C=O) groups is 2. The van der Waals surface area contributed by atoms with Crippen LogP contribution < -0.4 is 10.4 Å². The molecule has 1 fully saturated rings. The molecule has 0 spiro atoms. The van der Waals surface area contributed by atoms with Crippen molar-refractivity contribution in [3.63, 3.8) is 0 Å². The number of ether oxygens (including phenoxy) is 4. The zero-order valence-corrected chi connectivity index (χ0v) is 25.8. The molecule has 1 N–H and O–H groups in total. The third-order valence-corrected chi connectivity index (χ3v) is 12.4. The smallest absolute Gasteiger partial charge is 0.305 e. The van der Waals surface area contributed by atoms with Gasteiger partial charge >= 0.3 is 11.9 Å². The highest BCUT2D eigenvalue weighted by Gasteiger charge is 2.57. The van der Waals surface area contributed by atoms with Gasteiger partial charge in [0.15, 0.2) is 0 Å². The fraction of sp³-hybridized carbons (Fsp3) is 0.394. The summed E-state index contributed by atoms with van der Waals surface area (Å²) >= 11 is 0. The third kappa shape index (κ3) is 7.16. The maximum atomic E-state index is 12.0. The Morgan fingerprint density at radius 2 is 1.33 bits per heavy atom. The lowest BCUT2D eigenvalue weighted by Gasteiger charge is -2.50. The van der Waals surface area contributed by atoms with Gasteiger partial charge in [-0.2, -0.15) is 0 Å². The zero-order valence-electron chi connectivity index (χ0n) is 24.8. The van der Waals surface area contributed by atoms with E-state index in [0.717, 1.165) is 15.9 Å². The lowest BCUT2D eigenvalue weighted by Crippen LogP contribution is -2.72. The zero-order chi connectivity index (χ0) is 30.3. The lowest BCUT2D eigenvalue weighted by atomic mass is 9.99. The molecule has 3 aromatic rings. The molecule has 1 heterocycles. The van der Waals surface area contributed by atoms with E-state index in [-0.39, 0.29) is 13.2 Å². The molecule has 0 aliphatic carbocycles. The number of carbonyl (C=O) groups excluding carboxylic acids is 2. The first kappa shape index (κ1) is 31.6. The van der Waals surface area contributed by atoms with Crippen molar-refractivity contribution in [2.75, 3.05) is 6.61 Å². The summed E-state index contributed by atoms with van der Waals surface area (Å²) in [5.74, 6) is -1.13. The molecule has 3 aromatic carbocycles. The maximum absolute atomic E-state index is 12.0. The minimum atomic E-state index is -3.19. The highest BCUT2D eigenvalue weighted by Crippen LogP contribution is 2.40. The Balaban J connectivity index is 1.86. The first-order valence-corrected chi connectivity index (χ1v) is 16.0. The van der Waals surface area contributed by atoms with Crippen LogP contribution in [0.25, 0.3) is 0 Å². The largest absolute Gasteiger partial charge is 0.463 e. The average Bonchev–Trinajstić information content (AvgIpc) is 2.96. The molecule has 0 bridgehead atoms. The van der Waals surface area contributed by atoms with Crippen LogP contribution in [0, 0.1) is 0 Å². The van der Waals surface area contributed by atoms with Gasteiger partial charge in [-0.3, -0.25) is 9.59 Å². The Bertz CT molecular complexity index is 1260. The van der Waals surface area contributed by atoms with Gasteiger partial charge in [0.1, 0.15) is 31.0 Å². The predicted octanol–water partition coefficient (Wildman–Crippen LogP) is 3.73. The van der Waals surface area contributed by atoms with Gasteiger partial charge in [0.2, 0.25) is 6.29 Å². The summed E-state index contributed by atoms with van der Waals surface area (Å²) in [7, 11) is -3.19. The summed E-state index contributed by atoms with van der Waals surface area (Å²) in [4.78, 5) is 23.9. The Hall–Kier alpha value is -3.34. The standard InChI is InChI=1S/C33H40O8Si/c1-23(34)37-22-28-30(31(29(36)32(40-28)39-24(2)35)38-21-25-15-9-6-10-16-25)41-42(33(3,4)5,26-17-11-7-12-18-26)27-19-13-8-14-20-27/h6-20,28-32,36H,21-22H2,1-5H3/t28-,29-,30-,31-,32-/m0/s1. The molecular formula is C33H40O8Si. The molecule has 0 radical (unpaired) electrons. The van der Waals surface area contributed by atoms with Crippen LogP contribution in [0.2, 0.25) is 5.04 Å². The van der Waals surface area contributed by atoms with Gasteiger partial charge in [0.05, 0.1) is 6.61 Å². The average molecular weight is 593 g/mol. The van der Waals surface area contributed by atoms with E-state index in [1.807, 2.05) is 66.7 Å². The fourth-order valence-electron chi connectivity index (χ4n) is 5.48. The number of esters is 2. The number of hydrogen-bond donors (Lipinski definition) is 1. The van der Waals surface area contributed by atoms with E-state index in [1.54, 1.807) is 0 Å². The number of aliphatic hydroxyl groups is 1. The van der Waals surface area contributed by atoms with E-state index in [9.17, 15) is 14.7 Å². The molecule has 9 heteroatoms. The highest BCUT2D eigenvalue weighted by molar-refractivity contribution is 6.99. The van der Waals surface area contributed by atoms with Crippen LogP contribution in [0.15, 0.2) is 91.0 Å². The number of rotatable bonds is 10.